The van der Waals surface area contributed by atoms with Crippen molar-refractivity contribution in [1.29, 1.82) is 0 Å². The molecule has 284 valence electrons. The second-order valence-electron chi connectivity index (χ2n) is 11.7. The lowest BCUT2D eigenvalue weighted by Crippen LogP contribution is -2.12. The van der Waals surface area contributed by atoms with Crippen LogP contribution >= 0.6 is 0 Å². The van der Waals surface area contributed by atoms with Crippen LogP contribution in [-0.4, -0.2) is 91.9 Å². The first-order valence-corrected chi connectivity index (χ1v) is 15.2. The molecule has 0 aliphatic rings. The lowest BCUT2D eigenvalue weighted by Gasteiger charge is -2.30. The summed E-state index contributed by atoms with van der Waals surface area (Å²) < 4.78 is 0. The van der Waals surface area contributed by atoms with E-state index in [9.17, 15) is 91.9 Å². The van der Waals surface area contributed by atoms with Crippen LogP contribution in [0.25, 0.3) is 33.4 Å². The number of benzene rings is 6. The third-order valence-electron chi connectivity index (χ3n) is 8.66. The molecule has 6 rings (SSSR count). The highest BCUT2D eigenvalue weighted by Crippen LogP contribution is 2.67. The molecule has 0 atom stereocenters. The van der Waals surface area contributed by atoms with Crippen molar-refractivity contribution in [3.63, 3.8) is 0 Å². The SMILES string of the molecule is Oc1c(O)c(O)c(-c2c(O)c(O)c(N(c3ccc(-c4ccccc4)cc3)c3c(O)c(O)c(-c4c(O)c(O)c(O)c(O)c4O)c(O)c3O)c(O)c2O)c(O)c1O. The number of phenols is 18. The molecule has 19 nitrogen and oxygen atoms in total. The predicted molar refractivity (Wildman–Crippen MR) is 187 cm³/mol. The molecule has 0 unspecified atom stereocenters. The monoisotopic (exact) mass is 761 g/mol. The molecule has 0 bridgehead atoms. The molecule has 6 aromatic rings. The summed E-state index contributed by atoms with van der Waals surface area (Å²) in [6, 6.07) is 13.9. The maximum Gasteiger partial charge on any atom is 0.208 e. The third-order valence-corrected chi connectivity index (χ3v) is 8.66. The first-order chi connectivity index (χ1) is 25.8. The summed E-state index contributed by atoms with van der Waals surface area (Å²) in [6.45, 7) is 0. The quantitative estimate of drug-likeness (QED) is 0.0795. The van der Waals surface area contributed by atoms with Crippen molar-refractivity contribution in [3.05, 3.63) is 54.6 Å². The maximum atomic E-state index is 11.4. The van der Waals surface area contributed by atoms with Gasteiger partial charge in [-0.1, -0.05) is 42.5 Å². The second-order valence-corrected chi connectivity index (χ2v) is 11.7. The zero-order chi connectivity index (χ0) is 40.5. The van der Waals surface area contributed by atoms with Gasteiger partial charge in [-0.3, -0.25) is 4.90 Å². The van der Waals surface area contributed by atoms with Gasteiger partial charge < -0.3 is 91.9 Å². The molecular formula is C36H27NO18. The molecule has 0 heterocycles. The average Bonchev–Trinajstić information content (AvgIpc) is 3.18. The van der Waals surface area contributed by atoms with Gasteiger partial charge in [-0.05, 0) is 23.3 Å². The normalized spacial score (nSPS) is 11.1. The topological polar surface area (TPSA) is 367 Å². The highest BCUT2D eigenvalue weighted by molar-refractivity contribution is 6.03. The molecule has 0 spiro atoms. The Morgan fingerprint density at radius 2 is 0.473 bits per heavy atom. The predicted octanol–water partition coefficient (Wildman–Crippen LogP) is 4.86. The number of aromatic hydroxyl groups is 18. The second kappa shape index (κ2) is 12.6. The average molecular weight is 762 g/mol. The van der Waals surface area contributed by atoms with E-state index in [2.05, 4.69) is 0 Å². The van der Waals surface area contributed by atoms with E-state index in [0.29, 0.717) is 16.0 Å². The Labute approximate surface area is 305 Å². The van der Waals surface area contributed by atoms with Gasteiger partial charge in [0.1, 0.15) is 11.4 Å². The summed E-state index contributed by atoms with van der Waals surface area (Å²) in [7, 11) is 0. The van der Waals surface area contributed by atoms with E-state index >= 15 is 0 Å². The maximum absolute atomic E-state index is 11.4. The highest BCUT2D eigenvalue weighted by Gasteiger charge is 2.39. The van der Waals surface area contributed by atoms with Crippen LogP contribution in [-0.2, 0) is 0 Å². The van der Waals surface area contributed by atoms with Crippen molar-refractivity contribution in [3.8, 4) is 137 Å². The van der Waals surface area contributed by atoms with Crippen LogP contribution in [0.4, 0.5) is 17.1 Å². The number of phenolic OH excluding ortho intramolecular Hbond substituents is 18. The van der Waals surface area contributed by atoms with Gasteiger partial charge >= 0.3 is 0 Å². The van der Waals surface area contributed by atoms with Crippen LogP contribution in [0, 0.1) is 0 Å². The van der Waals surface area contributed by atoms with Gasteiger partial charge in [-0.25, -0.2) is 0 Å². The van der Waals surface area contributed by atoms with E-state index in [1.165, 1.54) is 24.3 Å². The van der Waals surface area contributed by atoms with Crippen LogP contribution in [0.3, 0.4) is 0 Å². The van der Waals surface area contributed by atoms with Crippen molar-refractivity contribution >= 4 is 17.1 Å². The first kappa shape index (κ1) is 36.3. The van der Waals surface area contributed by atoms with Crippen molar-refractivity contribution < 1.29 is 91.9 Å². The molecule has 0 aliphatic heterocycles. The lowest BCUT2D eigenvalue weighted by molar-refractivity contribution is 0.329. The van der Waals surface area contributed by atoms with Crippen molar-refractivity contribution in [2.24, 2.45) is 0 Å². The van der Waals surface area contributed by atoms with Gasteiger partial charge in [0.05, 0.1) is 22.3 Å². The van der Waals surface area contributed by atoms with E-state index in [4.69, 9.17) is 0 Å². The summed E-state index contributed by atoms with van der Waals surface area (Å²) in [6.07, 6.45) is 0. The molecule has 0 amide bonds. The molecule has 18 N–H and O–H groups in total. The van der Waals surface area contributed by atoms with Crippen LogP contribution in [0.1, 0.15) is 0 Å². The zero-order valence-electron chi connectivity index (χ0n) is 27.2. The van der Waals surface area contributed by atoms with E-state index < -0.39 is 137 Å². The van der Waals surface area contributed by atoms with Gasteiger partial charge in [0.15, 0.2) is 69.0 Å². The lowest BCUT2D eigenvalue weighted by atomic mass is 9.95. The molecule has 19 heteroatoms. The largest absolute Gasteiger partial charge is 0.504 e. The van der Waals surface area contributed by atoms with Crippen molar-refractivity contribution in [2.45, 2.75) is 0 Å². The minimum absolute atomic E-state index is 0.329. The Morgan fingerprint density at radius 3 is 0.764 bits per heavy atom. The van der Waals surface area contributed by atoms with Crippen molar-refractivity contribution in [2.75, 3.05) is 4.90 Å². The van der Waals surface area contributed by atoms with Gasteiger partial charge in [-0.15, -0.1) is 0 Å². The van der Waals surface area contributed by atoms with Crippen molar-refractivity contribution in [1.82, 2.24) is 0 Å². The third kappa shape index (κ3) is 5.14. The fourth-order valence-corrected chi connectivity index (χ4v) is 5.92. The number of nitrogens with zero attached hydrogens (tertiary/aromatic N) is 1. The number of hydrogen-bond donors (Lipinski definition) is 18. The molecule has 0 radical (unpaired) electrons. The molecule has 0 saturated carbocycles. The fourth-order valence-electron chi connectivity index (χ4n) is 5.92. The van der Waals surface area contributed by atoms with E-state index in [0.717, 1.165) is 0 Å². The van der Waals surface area contributed by atoms with Gasteiger partial charge in [0, 0.05) is 5.69 Å². The minimum atomic E-state index is -1.56. The molecule has 0 aromatic heterocycles. The zero-order valence-corrected chi connectivity index (χ0v) is 27.2. The molecule has 55 heavy (non-hydrogen) atoms. The van der Waals surface area contributed by atoms with Gasteiger partial charge in [0.25, 0.3) is 0 Å². The Morgan fingerprint density at radius 1 is 0.236 bits per heavy atom. The number of hydrogen-bond acceptors (Lipinski definition) is 19. The molecule has 0 saturated heterocycles. The molecule has 6 aromatic carbocycles. The summed E-state index contributed by atoms with van der Waals surface area (Å²) in [5.41, 5.74) is -6.56. The Hall–Kier alpha value is -8.48. The summed E-state index contributed by atoms with van der Waals surface area (Å²) in [5, 5.41) is 192. The van der Waals surface area contributed by atoms with E-state index in [-0.39, 0.29) is 5.69 Å². The van der Waals surface area contributed by atoms with Crippen LogP contribution in [0.15, 0.2) is 54.6 Å². The summed E-state index contributed by atoms with van der Waals surface area (Å²) >= 11 is 0. The Bertz CT molecular complexity index is 2320. The molecule has 0 aliphatic carbocycles. The van der Waals surface area contributed by atoms with Gasteiger partial charge in [-0.2, -0.15) is 0 Å². The summed E-state index contributed by atoms with van der Waals surface area (Å²) in [4.78, 5) is 0.438. The Kier molecular flexibility index (Phi) is 8.34. The van der Waals surface area contributed by atoms with Crippen LogP contribution in [0.5, 0.6) is 103 Å². The summed E-state index contributed by atoms with van der Waals surface area (Å²) in [5.74, 6) is -27.1. The Balaban J connectivity index is 1.70. The van der Waals surface area contributed by atoms with E-state index in [1.807, 2.05) is 0 Å². The fraction of sp³-hybridized carbons (Fsp3) is 0. The van der Waals surface area contributed by atoms with E-state index in [1.54, 1.807) is 30.3 Å². The minimum Gasteiger partial charge on any atom is -0.504 e. The first-order valence-electron chi connectivity index (χ1n) is 15.2. The van der Waals surface area contributed by atoms with Crippen LogP contribution < -0.4 is 4.90 Å². The van der Waals surface area contributed by atoms with Gasteiger partial charge in [0.2, 0.25) is 34.5 Å². The molecule has 0 fully saturated rings. The smallest absolute Gasteiger partial charge is 0.208 e. The standard InChI is InChI=1S/C36H27NO18/c38-19-13(15-23(42)31(50)35(54)32(51)24(15)43)20(39)28(47)17(27(19)46)37(12-8-6-11(7-9-12)10-4-2-1-3-5-10)18-29(48)21(40)14(22(41)30(18)49)16-25(44)33(52)36(55)34(53)26(16)45/h1-9,38-55H. The highest BCUT2D eigenvalue weighted by atomic mass is 16.4. The van der Waals surface area contributed by atoms with Crippen LogP contribution in [0.2, 0.25) is 0 Å². The number of rotatable bonds is 6. The molecular weight excluding hydrogens is 734 g/mol. The number of anilines is 3.